The Labute approximate surface area is 82.5 Å². The summed E-state index contributed by atoms with van der Waals surface area (Å²) in [4.78, 5) is 10.9. The van der Waals surface area contributed by atoms with Crippen LogP contribution in [0.3, 0.4) is 0 Å². The molecular weight excluding hydrogens is 184 g/mol. The number of carboxylic acid groups (broad SMARTS) is 1. The summed E-state index contributed by atoms with van der Waals surface area (Å²) in [6.07, 6.45) is 2.18. The summed E-state index contributed by atoms with van der Waals surface area (Å²) < 4.78 is 9.89. The lowest BCUT2D eigenvalue weighted by Gasteiger charge is -2.29. The molecule has 1 N–H and O–H groups in total. The predicted molar refractivity (Wildman–Crippen MR) is 50.2 cm³/mol. The van der Waals surface area contributed by atoms with Gasteiger partial charge < -0.3 is 14.3 Å². The average molecular weight is 198 g/mol. The van der Waals surface area contributed by atoms with Crippen LogP contribution in [-0.2, 0) is 14.9 Å². The molecule has 1 aromatic heterocycles. The SMILES string of the molecule is COC(C(=O)O)C(C)(C)c1ccoc1. The molecule has 0 aliphatic heterocycles. The molecule has 1 rings (SSSR count). The molecule has 0 aliphatic carbocycles. The van der Waals surface area contributed by atoms with Crippen LogP contribution >= 0.6 is 0 Å². The van der Waals surface area contributed by atoms with Gasteiger partial charge in [-0.25, -0.2) is 4.79 Å². The van der Waals surface area contributed by atoms with Crippen LogP contribution in [-0.4, -0.2) is 24.3 Å². The van der Waals surface area contributed by atoms with Gasteiger partial charge in [0.1, 0.15) is 0 Å². The smallest absolute Gasteiger partial charge is 0.333 e. The van der Waals surface area contributed by atoms with Gasteiger partial charge in [0.05, 0.1) is 12.5 Å². The summed E-state index contributed by atoms with van der Waals surface area (Å²) >= 11 is 0. The second kappa shape index (κ2) is 3.84. The average Bonchev–Trinajstić information content (AvgIpc) is 2.55. The number of hydrogen-bond acceptors (Lipinski definition) is 3. The van der Waals surface area contributed by atoms with Gasteiger partial charge in [0.25, 0.3) is 0 Å². The van der Waals surface area contributed by atoms with Crippen molar-refractivity contribution < 1.29 is 19.1 Å². The van der Waals surface area contributed by atoms with Gasteiger partial charge in [-0.2, -0.15) is 0 Å². The molecule has 0 radical (unpaired) electrons. The molecule has 0 fully saturated rings. The monoisotopic (exact) mass is 198 g/mol. The van der Waals surface area contributed by atoms with E-state index in [1.807, 2.05) is 0 Å². The second-order valence-electron chi connectivity index (χ2n) is 3.69. The fourth-order valence-electron chi connectivity index (χ4n) is 1.49. The summed E-state index contributed by atoms with van der Waals surface area (Å²) in [6.45, 7) is 3.61. The fraction of sp³-hybridized carbons (Fsp3) is 0.500. The number of furan rings is 1. The van der Waals surface area contributed by atoms with Crippen LogP contribution < -0.4 is 0 Å². The standard InChI is InChI=1S/C10H14O4/c1-10(2,7-4-5-14-6-7)8(13-3)9(11)12/h4-6,8H,1-3H3,(H,11,12). The second-order valence-corrected chi connectivity index (χ2v) is 3.69. The van der Waals surface area contributed by atoms with Gasteiger partial charge in [-0.15, -0.1) is 0 Å². The number of methoxy groups -OCH3 is 1. The number of carboxylic acids is 1. The Bertz CT molecular complexity index is 300. The summed E-state index contributed by atoms with van der Waals surface area (Å²) in [5, 5.41) is 8.95. The molecule has 4 nitrogen and oxygen atoms in total. The number of hydrogen-bond donors (Lipinski definition) is 1. The minimum Gasteiger partial charge on any atom is -0.479 e. The Morgan fingerprint density at radius 2 is 2.29 bits per heavy atom. The maximum absolute atomic E-state index is 10.9. The van der Waals surface area contributed by atoms with E-state index in [4.69, 9.17) is 14.3 Å². The van der Waals surface area contributed by atoms with Crippen molar-refractivity contribution in [3.05, 3.63) is 24.2 Å². The Balaban J connectivity index is 2.99. The summed E-state index contributed by atoms with van der Waals surface area (Å²) in [7, 11) is 1.39. The normalized spacial score (nSPS) is 13.9. The Morgan fingerprint density at radius 3 is 2.64 bits per heavy atom. The quantitative estimate of drug-likeness (QED) is 0.799. The van der Waals surface area contributed by atoms with Crippen molar-refractivity contribution in [3.8, 4) is 0 Å². The number of ether oxygens (including phenoxy) is 1. The minimum absolute atomic E-state index is 0.604. The molecular formula is C10H14O4. The first kappa shape index (κ1) is 10.8. The highest BCUT2D eigenvalue weighted by Crippen LogP contribution is 2.29. The molecule has 0 bridgehead atoms. The Hall–Kier alpha value is -1.29. The van der Waals surface area contributed by atoms with Crippen molar-refractivity contribution in [2.75, 3.05) is 7.11 Å². The van der Waals surface area contributed by atoms with Crippen LogP contribution in [0, 0.1) is 0 Å². The lowest BCUT2D eigenvalue weighted by molar-refractivity contribution is -0.152. The van der Waals surface area contributed by atoms with Gasteiger partial charge in [-0.1, -0.05) is 13.8 Å². The molecule has 0 aromatic carbocycles. The van der Waals surface area contributed by atoms with Crippen LogP contribution in [0.4, 0.5) is 0 Å². The Morgan fingerprint density at radius 1 is 1.64 bits per heavy atom. The number of aliphatic carboxylic acids is 1. The third-order valence-electron chi connectivity index (χ3n) is 2.38. The molecule has 0 saturated carbocycles. The van der Waals surface area contributed by atoms with E-state index in [1.54, 1.807) is 19.9 Å². The van der Waals surface area contributed by atoms with Crippen molar-refractivity contribution in [1.29, 1.82) is 0 Å². The first-order chi connectivity index (χ1) is 6.50. The minimum atomic E-state index is -0.973. The fourth-order valence-corrected chi connectivity index (χ4v) is 1.49. The first-order valence-electron chi connectivity index (χ1n) is 4.28. The van der Waals surface area contributed by atoms with Gasteiger partial charge >= 0.3 is 5.97 Å². The van der Waals surface area contributed by atoms with E-state index in [2.05, 4.69) is 0 Å². The Kier molecular flexibility index (Phi) is 2.96. The van der Waals surface area contributed by atoms with Gasteiger partial charge in [-0.05, 0) is 11.6 Å². The topological polar surface area (TPSA) is 59.7 Å². The maximum atomic E-state index is 10.9. The summed E-state index contributed by atoms with van der Waals surface area (Å²) in [5.74, 6) is -0.973. The third-order valence-corrected chi connectivity index (χ3v) is 2.38. The zero-order valence-corrected chi connectivity index (χ0v) is 8.48. The molecule has 0 spiro atoms. The molecule has 1 atom stereocenters. The summed E-state index contributed by atoms with van der Waals surface area (Å²) in [5.41, 5.74) is 0.208. The first-order valence-corrected chi connectivity index (χ1v) is 4.28. The van der Waals surface area contributed by atoms with E-state index < -0.39 is 17.5 Å². The van der Waals surface area contributed by atoms with Crippen LogP contribution in [0.2, 0.25) is 0 Å². The van der Waals surface area contributed by atoms with E-state index in [1.165, 1.54) is 19.6 Å². The van der Waals surface area contributed by atoms with Gasteiger partial charge in [-0.3, -0.25) is 0 Å². The number of rotatable bonds is 4. The highest BCUT2D eigenvalue weighted by Gasteiger charge is 2.37. The predicted octanol–water partition coefficient (Wildman–Crippen LogP) is 1.66. The molecule has 1 aromatic rings. The van der Waals surface area contributed by atoms with Crippen molar-refractivity contribution >= 4 is 5.97 Å². The summed E-state index contributed by atoms with van der Waals surface area (Å²) in [6, 6.07) is 1.74. The van der Waals surface area contributed by atoms with Crippen LogP contribution in [0.5, 0.6) is 0 Å². The zero-order chi connectivity index (χ0) is 10.8. The lowest BCUT2D eigenvalue weighted by Crippen LogP contribution is -2.41. The molecule has 0 saturated heterocycles. The van der Waals surface area contributed by atoms with Crippen molar-refractivity contribution in [2.24, 2.45) is 0 Å². The zero-order valence-electron chi connectivity index (χ0n) is 8.48. The van der Waals surface area contributed by atoms with Crippen LogP contribution in [0.15, 0.2) is 23.0 Å². The molecule has 78 valence electrons. The molecule has 1 heterocycles. The molecule has 0 amide bonds. The lowest BCUT2D eigenvalue weighted by atomic mass is 9.81. The van der Waals surface area contributed by atoms with Crippen molar-refractivity contribution in [1.82, 2.24) is 0 Å². The molecule has 0 aliphatic rings. The van der Waals surface area contributed by atoms with E-state index in [-0.39, 0.29) is 0 Å². The van der Waals surface area contributed by atoms with E-state index in [0.717, 1.165) is 5.56 Å². The molecule has 4 heteroatoms. The van der Waals surface area contributed by atoms with Crippen LogP contribution in [0.25, 0.3) is 0 Å². The molecule has 1 unspecified atom stereocenters. The number of carbonyl (C=O) groups is 1. The largest absolute Gasteiger partial charge is 0.479 e. The van der Waals surface area contributed by atoms with Gasteiger partial charge in [0, 0.05) is 12.5 Å². The third kappa shape index (κ3) is 1.80. The van der Waals surface area contributed by atoms with Crippen molar-refractivity contribution in [2.45, 2.75) is 25.4 Å². The van der Waals surface area contributed by atoms with E-state index in [0.29, 0.717) is 0 Å². The highest BCUT2D eigenvalue weighted by atomic mass is 16.5. The molecule has 14 heavy (non-hydrogen) atoms. The maximum Gasteiger partial charge on any atom is 0.333 e. The van der Waals surface area contributed by atoms with Gasteiger partial charge in [0.15, 0.2) is 6.10 Å². The highest BCUT2D eigenvalue weighted by molar-refractivity contribution is 5.74. The van der Waals surface area contributed by atoms with E-state index in [9.17, 15) is 4.79 Å². The van der Waals surface area contributed by atoms with Crippen LogP contribution in [0.1, 0.15) is 19.4 Å². The van der Waals surface area contributed by atoms with E-state index >= 15 is 0 Å². The van der Waals surface area contributed by atoms with Gasteiger partial charge in [0.2, 0.25) is 0 Å². The van der Waals surface area contributed by atoms with Crippen molar-refractivity contribution in [3.63, 3.8) is 0 Å².